The minimum Gasteiger partial charge on any atom is -0.348 e. The highest BCUT2D eigenvalue weighted by atomic mass is 32.2. The molecule has 2 N–H and O–H groups in total. The number of carbonyl (C=O) groups is 1. The third kappa shape index (κ3) is 4.75. The Labute approximate surface area is 164 Å². The van der Waals surface area contributed by atoms with Crippen molar-refractivity contribution in [3.63, 3.8) is 0 Å². The number of anilines is 1. The minimum absolute atomic E-state index is 0.0939. The number of hydrogen-bond donors (Lipinski definition) is 2. The molecule has 0 radical (unpaired) electrons. The van der Waals surface area contributed by atoms with Crippen LogP contribution >= 0.6 is 0 Å². The maximum atomic E-state index is 12.6. The first-order valence-electron chi connectivity index (χ1n) is 8.72. The molecule has 7 heteroatoms. The van der Waals surface area contributed by atoms with Gasteiger partial charge in [-0.25, -0.2) is 8.42 Å². The number of aromatic nitrogens is 1. The van der Waals surface area contributed by atoms with Crippen LogP contribution in [0.25, 0.3) is 0 Å². The lowest BCUT2D eigenvalue weighted by atomic mass is 10.1. The van der Waals surface area contributed by atoms with E-state index in [9.17, 15) is 13.2 Å². The standard InChI is InChI=1S/C21H21N3O3S/c1-15-3-6-19(13-16(15)2)24-28(26,27)20-7-4-18(5-8-20)21(25)23-14-17-9-11-22-12-10-17/h3-13,24H,14H2,1-2H3,(H,23,25). The quantitative estimate of drug-likeness (QED) is 0.669. The molecule has 1 aromatic heterocycles. The summed E-state index contributed by atoms with van der Waals surface area (Å²) >= 11 is 0. The second-order valence-corrected chi connectivity index (χ2v) is 8.15. The molecule has 3 rings (SSSR count). The lowest BCUT2D eigenvalue weighted by Gasteiger charge is -2.10. The molecule has 0 aliphatic carbocycles. The van der Waals surface area contributed by atoms with Gasteiger partial charge in [-0.05, 0) is 79.1 Å². The predicted molar refractivity (Wildman–Crippen MR) is 109 cm³/mol. The highest BCUT2D eigenvalue weighted by Gasteiger charge is 2.15. The second-order valence-electron chi connectivity index (χ2n) is 6.47. The Morgan fingerprint density at radius 2 is 1.61 bits per heavy atom. The molecule has 0 bridgehead atoms. The predicted octanol–water partition coefficient (Wildman–Crippen LogP) is 3.43. The molecular weight excluding hydrogens is 374 g/mol. The van der Waals surface area contributed by atoms with Gasteiger partial charge in [-0.1, -0.05) is 6.07 Å². The van der Waals surface area contributed by atoms with E-state index in [1.54, 1.807) is 24.5 Å². The zero-order valence-corrected chi connectivity index (χ0v) is 16.5. The molecule has 0 atom stereocenters. The first kappa shape index (κ1) is 19.6. The summed E-state index contributed by atoms with van der Waals surface area (Å²) in [7, 11) is -3.73. The van der Waals surface area contributed by atoms with Crippen LogP contribution < -0.4 is 10.0 Å². The molecule has 3 aromatic rings. The van der Waals surface area contributed by atoms with Crippen molar-refractivity contribution in [2.45, 2.75) is 25.3 Å². The maximum Gasteiger partial charge on any atom is 0.261 e. The number of carbonyl (C=O) groups excluding carboxylic acids is 1. The normalized spacial score (nSPS) is 11.1. The third-order valence-electron chi connectivity index (χ3n) is 4.39. The van der Waals surface area contributed by atoms with Crippen LogP contribution in [0.4, 0.5) is 5.69 Å². The van der Waals surface area contributed by atoms with Gasteiger partial charge in [-0.3, -0.25) is 14.5 Å². The minimum atomic E-state index is -3.73. The van der Waals surface area contributed by atoms with Crippen molar-refractivity contribution >= 4 is 21.6 Å². The molecule has 0 unspecified atom stereocenters. The van der Waals surface area contributed by atoms with E-state index in [0.29, 0.717) is 17.8 Å². The smallest absolute Gasteiger partial charge is 0.261 e. The molecule has 0 fully saturated rings. The average Bonchev–Trinajstić information content (AvgIpc) is 2.69. The largest absolute Gasteiger partial charge is 0.348 e. The number of nitrogens with zero attached hydrogens (tertiary/aromatic N) is 1. The Kier molecular flexibility index (Phi) is 5.75. The molecule has 0 saturated carbocycles. The number of benzene rings is 2. The van der Waals surface area contributed by atoms with E-state index in [-0.39, 0.29) is 10.8 Å². The molecule has 1 amide bonds. The van der Waals surface area contributed by atoms with Gasteiger partial charge in [0.15, 0.2) is 0 Å². The number of nitrogens with one attached hydrogen (secondary N) is 2. The van der Waals surface area contributed by atoms with Gasteiger partial charge in [-0.2, -0.15) is 0 Å². The number of hydrogen-bond acceptors (Lipinski definition) is 4. The molecule has 0 aliphatic heterocycles. The van der Waals surface area contributed by atoms with Gasteiger partial charge in [0.05, 0.1) is 4.90 Å². The van der Waals surface area contributed by atoms with Crippen molar-refractivity contribution in [3.05, 3.63) is 89.2 Å². The van der Waals surface area contributed by atoms with E-state index >= 15 is 0 Å². The maximum absolute atomic E-state index is 12.6. The van der Waals surface area contributed by atoms with Crippen LogP contribution in [0, 0.1) is 13.8 Å². The number of pyridine rings is 1. The van der Waals surface area contributed by atoms with E-state index in [1.165, 1.54) is 24.3 Å². The molecule has 28 heavy (non-hydrogen) atoms. The molecule has 6 nitrogen and oxygen atoms in total. The van der Waals surface area contributed by atoms with Crippen LogP contribution in [-0.2, 0) is 16.6 Å². The topological polar surface area (TPSA) is 88.2 Å². The second kappa shape index (κ2) is 8.22. The molecule has 2 aromatic carbocycles. The van der Waals surface area contributed by atoms with Crippen molar-refractivity contribution in [3.8, 4) is 0 Å². The van der Waals surface area contributed by atoms with Crippen molar-refractivity contribution in [2.75, 3.05) is 4.72 Å². The number of rotatable bonds is 6. The summed E-state index contributed by atoms with van der Waals surface area (Å²) in [6, 6.07) is 14.8. The summed E-state index contributed by atoms with van der Waals surface area (Å²) in [6.45, 7) is 4.26. The van der Waals surface area contributed by atoms with Crippen LogP contribution in [0.15, 0.2) is 71.9 Å². The van der Waals surface area contributed by atoms with Crippen LogP contribution in [-0.4, -0.2) is 19.3 Å². The van der Waals surface area contributed by atoms with Gasteiger partial charge >= 0.3 is 0 Å². The summed E-state index contributed by atoms with van der Waals surface area (Å²) in [5.74, 6) is -0.275. The van der Waals surface area contributed by atoms with E-state index in [0.717, 1.165) is 16.7 Å². The molecule has 1 heterocycles. The Morgan fingerprint density at radius 3 is 2.25 bits per heavy atom. The van der Waals surface area contributed by atoms with Crippen LogP contribution in [0.1, 0.15) is 27.0 Å². The van der Waals surface area contributed by atoms with Crippen LogP contribution in [0.3, 0.4) is 0 Å². The van der Waals surface area contributed by atoms with Gasteiger partial charge in [0.2, 0.25) is 0 Å². The lowest BCUT2D eigenvalue weighted by molar-refractivity contribution is 0.0951. The van der Waals surface area contributed by atoms with E-state index in [2.05, 4.69) is 15.0 Å². The highest BCUT2D eigenvalue weighted by Crippen LogP contribution is 2.19. The molecule has 144 valence electrons. The summed E-state index contributed by atoms with van der Waals surface area (Å²) in [5.41, 5.74) is 3.91. The van der Waals surface area contributed by atoms with E-state index in [1.807, 2.05) is 32.0 Å². The fourth-order valence-corrected chi connectivity index (χ4v) is 3.64. The Bertz CT molecular complexity index is 1080. The zero-order chi connectivity index (χ0) is 20.1. The van der Waals surface area contributed by atoms with Crippen molar-refractivity contribution in [1.29, 1.82) is 0 Å². The van der Waals surface area contributed by atoms with Crippen molar-refractivity contribution in [2.24, 2.45) is 0 Å². The average molecular weight is 395 g/mol. The zero-order valence-electron chi connectivity index (χ0n) is 15.6. The van der Waals surface area contributed by atoms with Crippen molar-refractivity contribution in [1.82, 2.24) is 10.3 Å². The summed E-state index contributed by atoms with van der Waals surface area (Å²) in [5, 5.41) is 2.79. The fourth-order valence-electron chi connectivity index (χ4n) is 2.59. The molecule has 0 saturated heterocycles. The summed E-state index contributed by atoms with van der Waals surface area (Å²) < 4.78 is 27.7. The first-order valence-corrected chi connectivity index (χ1v) is 10.2. The fraction of sp³-hybridized carbons (Fsp3) is 0.143. The monoisotopic (exact) mass is 395 g/mol. The lowest BCUT2D eigenvalue weighted by Crippen LogP contribution is -2.23. The van der Waals surface area contributed by atoms with Gasteiger partial charge in [0, 0.05) is 30.2 Å². The molecule has 0 spiro atoms. The number of aryl methyl sites for hydroxylation is 2. The summed E-state index contributed by atoms with van der Waals surface area (Å²) in [6.07, 6.45) is 3.31. The van der Waals surface area contributed by atoms with Crippen LogP contribution in [0.2, 0.25) is 0 Å². The van der Waals surface area contributed by atoms with Crippen LogP contribution in [0.5, 0.6) is 0 Å². The molecule has 0 aliphatic rings. The van der Waals surface area contributed by atoms with Gasteiger partial charge < -0.3 is 5.32 Å². The summed E-state index contributed by atoms with van der Waals surface area (Å²) in [4.78, 5) is 16.3. The number of amides is 1. The Hall–Kier alpha value is -3.19. The van der Waals surface area contributed by atoms with Gasteiger partial charge in [-0.15, -0.1) is 0 Å². The first-order chi connectivity index (χ1) is 13.3. The third-order valence-corrected chi connectivity index (χ3v) is 5.79. The van der Waals surface area contributed by atoms with E-state index < -0.39 is 10.0 Å². The number of sulfonamides is 1. The van der Waals surface area contributed by atoms with Gasteiger partial charge in [0.25, 0.3) is 15.9 Å². The Morgan fingerprint density at radius 1 is 0.929 bits per heavy atom. The molecular formula is C21H21N3O3S. The van der Waals surface area contributed by atoms with E-state index in [4.69, 9.17) is 0 Å². The Balaban J connectivity index is 1.68. The SMILES string of the molecule is Cc1ccc(NS(=O)(=O)c2ccc(C(=O)NCc3ccncc3)cc2)cc1C. The van der Waals surface area contributed by atoms with Gasteiger partial charge in [0.1, 0.15) is 0 Å². The highest BCUT2D eigenvalue weighted by molar-refractivity contribution is 7.92. The van der Waals surface area contributed by atoms with Crippen molar-refractivity contribution < 1.29 is 13.2 Å².